The Morgan fingerprint density at radius 2 is 1.77 bits per heavy atom. The van der Waals surface area contributed by atoms with Gasteiger partial charge in [0.15, 0.2) is 0 Å². The van der Waals surface area contributed by atoms with Crippen molar-refractivity contribution in [2.75, 3.05) is 0 Å². The molecule has 1 heterocycles. The summed E-state index contributed by atoms with van der Waals surface area (Å²) in [6.45, 7) is 6.84. The topological polar surface area (TPSA) is 48.0 Å². The van der Waals surface area contributed by atoms with Gasteiger partial charge in [-0.15, -0.1) is 0 Å². The van der Waals surface area contributed by atoms with E-state index < -0.39 is 0 Å². The first-order valence-corrected chi connectivity index (χ1v) is 8.11. The van der Waals surface area contributed by atoms with Crippen molar-refractivity contribution in [3.63, 3.8) is 0 Å². The molecule has 0 fully saturated rings. The first-order valence-electron chi connectivity index (χ1n) is 8.11. The van der Waals surface area contributed by atoms with Crippen LogP contribution in [0.15, 0.2) is 41.2 Å². The van der Waals surface area contributed by atoms with Gasteiger partial charge in [-0.1, -0.05) is 49.6 Å². The van der Waals surface area contributed by atoms with Crippen LogP contribution in [-0.2, 0) is 6.54 Å². The van der Waals surface area contributed by atoms with Crippen LogP contribution in [0.5, 0.6) is 0 Å². The van der Waals surface area contributed by atoms with Crippen LogP contribution in [0.4, 0.5) is 0 Å². The minimum atomic E-state index is -0.239. The summed E-state index contributed by atoms with van der Waals surface area (Å²) in [5.74, 6) is 0. The van der Waals surface area contributed by atoms with Crippen molar-refractivity contribution >= 4 is 0 Å². The lowest BCUT2D eigenvalue weighted by Gasteiger charge is -2.16. The molecule has 0 aliphatic heterocycles. The second-order valence-corrected chi connectivity index (χ2v) is 5.99. The maximum absolute atomic E-state index is 12.7. The van der Waals surface area contributed by atoms with Crippen LogP contribution in [-0.4, -0.2) is 4.57 Å². The molecule has 0 bridgehead atoms. The van der Waals surface area contributed by atoms with Gasteiger partial charge in [-0.3, -0.25) is 4.79 Å². The number of nitrogens with zero attached hydrogens (tertiary/aromatic N) is 1. The highest BCUT2D eigenvalue weighted by atomic mass is 16.1. The lowest BCUT2D eigenvalue weighted by atomic mass is 10.1. The zero-order chi connectivity index (χ0) is 16.1. The maximum Gasteiger partial charge on any atom is 0.255 e. The third-order valence-corrected chi connectivity index (χ3v) is 4.03. The molecule has 1 aromatic heterocycles. The lowest BCUT2D eigenvalue weighted by Crippen LogP contribution is -2.28. The molecule has 2 rings (SSSR count). The highest BCUT2D eigenvalue weighted by Gasteiger charge is 2.12. The Kier molecular flexibility index (Phi) is 5.56. The summed E-state index contributed by atoms with van der Waals surface area (Å²) >= 11 is 0. The average molecular weight is 298 g/mol. The molecule has 0 amide bonds. The second kappa shape index (κ2) is 7.41. The largest absolute Gasteiger partial charge is 0.324 e. The van der Waals surface area contributed by atoms with Gasteiger partial charge in [0.2, 0.25) is 0 Å². The molecular formula is C19H26N2O. The van der Waals surface area contributed by atoms with E-state index in [1.165, 1.54) is 5.56 Å². The Hall–Kier alpha value is -1.87. The normalized spacial score (nSPS) is 12.4. The van der Waals surface area contributed by atoms with Crippen LogP contribution >= 0.6 is 0 Å². The monoisotopic (exact) mass is 298 g/mol. The molecule has 1 unspecified atom stereocenters. The molecule has 1 atom stereocenters. The third-order valence-electron chi connectivity index (χ3n) is 4.03. The Labute approximate surface area is 132 Å². The van der Waals surface area contributed by atoms with Gasteiger partial charge in [0, 0.05) is 18.2 Å². The van der Waals surface area contributed by atoms with Gasteiger partial charge >= 0.3 is 0 Å². The molecule has 0 spiro atoms. The van der Waals surface area contributed by atoms with Gasteiger partial charge in [0.1, 0.15) is 0 Å². The highest BCUT2D eigenvalue weighted by molar-refractivity contribution is 5.60. The van der Waals surface area contributed by atoms with Gasteiger partial charge < -0.3 is 10.3 Å². The zero-order valence-electron chi connectivity index (χ0n) is 13.8. The first kappa shape index (κ1) is 16.5. The van der Waals surface area contributed by atoms with Crippen molar-refractivity contribution in [2.45, 2.75) is 52.6 Å². The number of rotatable bonds is 6. The van der Waals surface area contributed by atoms with E-state index in [1.807, 2.05) is 23.6 Å². The molecule has 0 saturated carbocycles. The summed E-state index contributed by atoms with van der Waals surface area (Å²) in [7, 11) is 0. The molecule has 3 nitrogen and oxygen atoms in total. The van der Waals surface area contributed by atoms with Crippen molar-refractivity contribution in [1.82, 2.24) is 4.57 Å². The number of unbranched alkanes of at least 4 members (excludes halogenated alkanes) is 2. The Balaban J connectivity index is 2.50. The van der Waals surface area contributed by atoms with E-state index in [0.29, 0.717) is 5.56 Å². The summed E-state index contributed by atoms with van der Waals surface area (Å²) in [4.78, 5) is 12.7. The standard InChI is InChI=1S/C19H26N2O/c1-4-5-6-13-21-18(16-9-7-14(2)8-10-16)12-11-17(15(3)20)19(21)22/h7-12,15H,4-6,13,20H2,1-3H3. The maximum atomic E-state index is 12.7. The zero-order valence-corrected chi connectivity index (χ0v) is 13.8. The fourth-order valence-electron chi connectivity index (χ4n) is 2.66. The second-order valence-electron chi connectivity index (χ2n) is 5.99. The first-order chi connectivity index (χ1) is 10.5. The molecule has 0 aliphatic carbocycles. The van der Waals surface area contributed by atoms with E-state index in [1.54, 1.807) is 0 Å². The number of aromatic nitrogens is 1. The predicted octanol–water partition coefficient (Wildman–Crippen LogP) is 4.03. The van der Waals surface area contributed by atoms with Crippen LogP contribution in [0.1, 0.15) is 50.3 Å². The smallest absolute Gasteiger partial charge is 0.255 e. The molecular weight excluding hydrogens is 272 g/mol. The minimum absolute atomic E-state index is 0.0455. The fourth-order valence-corrected chi connectivity index (χ4v) is 2.66. The average Bonchev–Trinajstić information content (AvgIpc) is 2.49. The number of aryl methyl sites for hydroxylation is 1. The van der Waals surface area contributed by atoms with E-state index in [-0.39, 0.29) is 11.6 Å². The van der Waals surface area contributed by atoms with Crippen LogP contribution < -0.4 is 11.3 Å². The number of hydrogen-bond acceptors (Lipinski definition) is 2. The summed E-state index contributed by atoms with van der Waals surface area (Å²) in [5, 5.41) is 0. The molecule has 118 valence electrons. The number of nitrogens with two attached hydrogens (primary N) is 1. The van der Waals surface area contributed by atoms with Gasteiger partial charge in [-0.2, -0.15) is 0 Å². The van der Waals surface area contributed by atoms with Gasteiger partial charge in [0.25, 0.3) is 5.56 Å². The molecule has 2 N–H and O–H groups in total. The van der Waals surface area contributed by atoms with Crippen LogP contribution in [0, 0.1) is 6.92 Å². The molecule has 3 heteroatoms. The quantitative estimate of drug-likeness (QED) is 0.818. The number of benzene rings is 1. The minimum Gasteiger partial charge on any atom is -0.324 e. The number of pyridine rings is 1. The molecule has 0 radical (unpaired) electrons. The molecule has 22 heavy (non-hydrogen) atoms. The van der Waals surface area contributed by atoms with Gasteiger partial charge in [-0.25, -0.2) is 0 Å². The SMILES string of the molecule is CCCCCn1c(-c2ccc(C)cc2)ccc(C(C)N)c1=O. The Morgan fingerprint density at radius 3 is 2.36 bits per heavy atom. The third kappa shape index (κ3) is 3.66. The van der Waals surface area contributed by atoms with Gasteiger partial charge in [0.05, 0.1) is 5.69 Å². The van der Waals surface area contributed by atoms with Crippen molar-refractivity contribution in [1.29, 1.82) is 0 Å². The van der Waals surface area contributed by atoms with E-state index in [9.17, 15) is 4.79 Å². The van der Waals surface area contributed by atoms with Crippen LogP contribution in [0.3, 0.4) is 0 Å². The molecule has 1 aromatic carbocycles. The summed E-state index contributed by atoms with van der Waals surface area (Å²) in [5.41, 5.74) is 9.94. The highest BCUT2D eigenvalue weighted by Crippen LogP contribution is 2.20. The van der Waals surface area contributed by atoms with Crippen molar-refractivity contribution in [3.8, 4) is 11.3 Å². The molecule has 2 aromatic rings. The van der Waals surface area contributed by atoms with Crippen molar-refractivity contribution in [3.05, 3.63) is 57.9 Å². The van der Waals surface area contributed by atoms with Crippen molar-refractivity contribution in [2.24, 2.45) is 5.73 Å². The summed E-state index contributed by atoms with van der Waals surface area (Å²) in [6.07, 6.45) is 3.28. The predicted molar refractivity (Wildman–Crippen MR) is 93.0 cm³/mol. The Bertz CT molecular complexity index is 669. The van der Waals surface area contributed by atoms with Gasteiger partial charge in [-0.05, 0) is 38.0 Å². The van der Waals surface area contributed by atoms with E-state index in [0.717, 1.165) is 37.1 Å². The van der Waals surface area contributed by atoms with Crippen molar-refractivity contribution < 1.29 is 0 Å². The molecule has 0 aliphatic rings. The Morgan fingerprint density at radius 1 is 1.09 bits per heavy atom. The summed E-state index contributed by atoms with van der Waals surface area (Å²) in [6, 6.07) is 12.0. The van der Waals surface area contributed by atoms with E-state index >= 15 is 0 Å². The van der Waals surface area contributed by atoms with Crippen LogP contribution in [0.2, 0.25) is 0 Å². The summed E-state index contributed by atoms with van der Waals surface area (Å²) < 4.78 is 1.89. The lowest BCUT2D eigenvalue weighted by molar-refractivity contribution is 0.584. The number of hydrogen-bond donors (Lipinski definition) is 1. The van der Waals surface area contributed by atoms with E-state index in [4.69, 9.17) is 5.73 Å². The fraction of sp³-hybridized carbons (Fsp3) is 0.421. The molecule has 0 saturated heterocycles. The van der Waals surface area contributed by atoms with Crippen LogP contribution in [0.25, 0.3) is 11.3 Å². The van der Waals surface area contributed by atoms with E-state index in [2.05, 4.69) is 38.1 Å².